The Bertz CT molecular complexity index is 664. The van der Waals surface area contributed by atoms with Crippen LogP contribution in [0.5, 0.6) is 11.5 Å². The minimum absolute atomic E-state index is 0.135. The van der Waals surface area contributed by atoms with E-state index in [9.17, 15) is 27.6 Å². The second-order valence-electron chi connectivity index (χ2n) is 4.82. The molecule has 1 aliphatic heterocycles. The Morgan fingerprint density at radius 2 is 1.88 bits per heavy atom. The van der Waals surface area contributed by atoms with Crippen molar-refractivity contribution in [1.82, 2.24) is 10.6 Å². The fourth-order valence-corrected chi connectivity index (χ4v) is 1.75. The van der Waals surface area contributed by atoms with Crippen LogP contribution in [0.3, 0.4) is 0 Å². The number of rotatable bonds is 4. The molecule has 2 N–H and O–H groups in total. The zero-order chi connectivity index (χ0) is 18.4. The fraction of sp³-hybridized carbons (Fsp3) is 0.357. The van der Waals surface area contributed by atoms with E-state index in [-0.39, 0.29) is 6.61 Å². The number of esters is 1. The smallest absolute Gasteiger partial charge is 0.405 e. The van der Waals surface area contributed by atoms with E-state index in [4.69, 9.17) is 9.47 Å². The summed E-state index contributed by atoms with van der Waals surface area (Å²) in [6.07, 6.45) is -5.72. The number of hydrogen-bond acceptors (Lipinski definition) is 6. The van der Waals surface area contributed by atoms with Crippen LogP contribution in [0.1, 0.15) is 0 Å². The van der Waals surface area contributed by atoms with Crippen molar-refractivity contribution in [2.75, 3.05) is 19.8 Å². The van der Waals surface area contributed by atoms with Crippen LogP contribution in [0.4, 0.5) is 18.0 Å². The summed E-state index contributed by atoms with van der Waals surface area (Å²) >= 11 is 0. The van der Waals surface area contributed by atoms with E-state index in [1.807, 2.05) is 0 Å². The van der Waals surface area contributed by atoms with Crippen LogP contribution in [0.2, 0.25) is 0 Å². The van der Waals surface area contributed by atoms with Crippen molar-refractivity contribution in [1.29, 1.82) is 0 Å². The highest BCUT2D eigenvalue weighted by Gasteiger charge is 2.30. The molecule has 136 valence electrons. The van der Waals surface area contributed by atoms with E-state index in [1.54, 1.807) is 29.6 Å². The molecule has 11 heteroatoms. The topological polar surface area (TPSA) is 103 Å². The zero-order valence-corrected chi connectivity index (χ0v) is 12.6. The number of hydrogen-bond donors (Lipinski definition) is 2. The molecule has 0 radical (unpaired) electrons. The Morgan fingerprint density at radius 1 is 1.20 bits per heavy atom. The third-order valence-corrected chi connectivity index (χ3v) is 2.82. The van der Waals surface area contributed by atoms with Crippen molar-refractivity contribution in [3.63, 3.8) is 0 Å². The predicted molar refractivity (Wildman–Crippen MR) is 74.9 cm³/mol. The van der Waals surface area contributed by atoms with Gasteiger partial charge in [-0.3, -0.25) is 10.1 Å². The fourth-order valence-electron chi connectivity index (χ4n) is 1.75. The Morgan fingerprint density at radius 3 is 2.56 bits per heavy atom. The van der Waals surface area contributed by atoms with E-state index >= 15 is 0 Å². The van der Waals surface area contributed by atoms with Gasteiger partial charge in [0, 0.05) is 0 Å². The number of alkyl halides is 3. The van der Waals surface area contributed by atoms with Gasteiger partial charge in [-0.1, -0.05) is 12.1 Å². The largest absolute Gasteiger partial charge is 0.485 e. The van der Waals surface area contributed by atoms with E-state index < -0.39 is 43.3 Å². The molecule has 0 aliphatic carbocycles. The zero-order valence-electron chi connectivity index (χ0n) is 12.6. The number of ether oxygens (including phenoxy) is 3. The van der Waals surface area contributed by atoms with Crippen LogP contribution in [0.25, 0.3) is 0 Å². The lowest BCUT2D eigenvalue weighted by Gasteiger charge is -2.24. The van der Waals surface area contributed by atoms with Gasteiger partial charge in [-0.05, 0) is 12.1 Å². The summed E-state index contributed by atoms with van der Waals surface area (Å²) in [4.78, 5) is 34.2. The third kappa shape index (κ3) is 5.86. The van der Waals surface area contributed by atoms with E-state index in [0.717, 1.165) is 0 Å². The minimum atomic E-state index is -4.61. The molecular weight excluding hydrogens is 349 g/mol. The molecule has 1 atom stereocenters. The molecule has 1 heterocycles. The number of fused-ring (bicyclic) bond motifs is 1. The lowest BCUT2D eigenvalue weighted by Crippen LogP contribution is -2.45. The summed E-state index contributed by atoms with van der Waals surface area (Å²) < 4.78 is 51.0. The van der Waals surface area contributed by atoms with Crippen molar-refractivity contribution in [3.8, 4) is 11.5 Å². The number of imide groups is 1. The second-order valence-corrected chi connectivity index (χ2v) is 4.82. The molecule has 0 aromatic heterocycles. The van der Waals surface area contributed by atoms with E-state index in [2.05, 4.69) is 4.74 Å². The number of benzene rings is 1. The van der Waals surface area contributed by atoms with Gasteiger partial charge in [0.05, 0.1) is 0 Å². The first kappa shape index (κ1) is 18.4. The highest BCUT2D eigenvalue weighted by molar-refractivity contribution is 5.95. The normalized spacial score (nSPS) is 15.9. The van der Waals surface area contributed by atoms with Gasteiger partial charge in [0.2, 0.25) is 6.10 Å². The van der Waals surface area contributed by atoms with E-state index in [0.29, 0.717) is 11.5 Å². The number of carbonyl (C=O) groups excluding carboxylic acids is 3. The van der Waals surface area contributed by atoms with Crippen molar-refractivity contribution in [2.24, 2.45) is 0 Å². The van der Waals surface area contributed by atoms with Gasteiger partial charge in [0.15, 0.2) is 18.1 Å². The van der Waals surface area contributed by atoms with Crippen molar-refractivity contribution in [3.05, 3.63) is 24.3 Å². The van der Waals surface area contributed by atoms with Crippen LogP contribution in [-0.2, 0) is 14.3 Å². The number of carbonyl (C=O) groups is 3. The highest BCUT2D eigenvalue weighted by Crippen LogP contribution is 2.31. The Kier molecular flexibility index (Phi) is 5.67. The van der Waals surface area contributed by atoms with Gasteiger partial charge in [0.25, 0.3) is 5.91 Å². The van der Waals surface area contributed by atoms with Gasteiger partial charge in [-0.15, -0.1) is 0 Å². The highest BCUT2D eigenvalue weighted by atomic mass is 19.4. The van der Waals surface area contributed by atoms with Crippen LogP contribution in [0, 0.1) is 0 Å². The molecule has 0 saturated carbocycles. The molecule has 2 rings (SSSR count). The number of para-hydroxylation sites is 2. The van der Waals surface area contributed by atoms with Gasteiger partial charge in [0.1, 0.15) is 13.2 Å². The molecule has 3 amide bonds. The van der Waals surface area contributed by atoms with Crippen LogP contribution in [-0.4, -0.2) is 49.9 Å². The monoisotopic (exact) mass is 362 g/mol. The Hall–Kier alpha value is -2.98. The van der Waals surface area contributed by atoms with Crippen LogP contribution >= 0.6 is 0 Å². The maximum absolute atomic E-state index is 11.9. The summed E-state index contributed by atoms with van der Waals surface area (Å²) in [5, 5.41) is 3.02. The average Bonchev–Trinajstić information content (AvgIpc) is 2.57. The minimum Gasteiger partial charge on any atom is -0.485 e. The van der Waals surface area contributed by atoms with Crippen LogP contribution < -0.4 is 20.1 Å². The molecule has 0 saturated heterocycles. The lowest BCUT2D eigenvalue weighted by atomic mass is 10.2. The number of halogens is 3. The Labute approximate surface area is 139 Å². The first-order valence-electron chi connectivity index (χ1n) is 6.94. The van der Waals surface area contributed by atoms with Gasteiger partial charge < -0.3 is 19.5 Å². The molecule has 0 bridgehead atoms. The predicted octanol–water partition coefficient (Wildman–Crippen LogP) is 0.758. The van der Waals surface area contributed by atoms with Crippen molar-refractivity contribution < 1.29 is 41.8 Å². The Balaban J connectivity index is 1.73. The van der Waals surface area contributed by atoms with Gasteiger partial charge >= 0.3 is 18.2 Å². The standard InChI is InChI=1S/C14H13F3N2O6/c15-14(16,17)7-18-13(22)19-11(20)6-24-12(21)10-5-23-8-3-1-2-4-9(8)25-10/h1-4,10H,5-7H2,(H2,18,19,20,22). The number of nitrogens with one attached hydrogen (secondary N) is 2. The summed E-state index contributed by atoms with van der Waals surface area (Å²) in [5.41, 5.74) is 0. The molecule has 1 aromatic rings. The van der Waals surface area contributed by atoms with E-state index in [1.165, 1.54) is 5.32 Å². The number of urea groups is 1. The third-order valence-electron chi connectivity index (χ3n) is 2.82. The summed E-state index contributed by atoms with van der Waals surface area (Å²) in [5.74, 6) is -1.23. The molecular formula is C14H13F3N2O6. The molecule has 1 aromatic carbocycles. The SMILES string of the molecule is O=C(COC(=O)C1COc2ccccc2O1)NC(=O)NCC(F)(F)F. The number of amides is 3. The lowest BCUT2D eigenvalue weighted by molar-refractivity contribution is -0.157. The molecule has 1 unspecified atom stereocenters. The maximum atomic E-state index is 11.9. The molecule has 0 fully saturated rings. The first-order chi connectivity index (χ1) is 11.7. The van der Waals surface area contributed by atoms with Crippen LogP contribution in [0.15, 0.2) is 24.3 Å². The molecule has 0 spiro atoms. The molecule has 25 heavy (non-hydrogen) atoms. The van der Waals surface area contributed by atoms with Crippen molar-refractivity contribution in [2.45, 2.75) is 12.3 Å². The summed E-state index contributed by atoms with van der Waals surface area (Å²) in [6.45, 7) is -2.60. The first-order valence-corrected chi connectivity index (χ1v) is 6.94. The average molecular weight is 362 g/mol. The summed E-state index contributed by atoms with van der Waals surface area (Å²) in [6, 6.07) is 5.25. The maximum Gasteiger partial charge on any atom is 0.405 e. The molecule has 1 aliphatic rings. The van der Waals surface area contributed by atoms with Gasteiger partial charge in [-0.25, -0.2) is 9.59 Å². The molecule has 8 nitrogen and oxygen atoms in total. The quantitative estimate of drug-likeness (QED) is 0.767. The van der Waals surface area contributed by atoms with Gasteiger partial charge in [-0.2, -0.15) is 13.2 Å². The van der Waals surface area contributed by atoms with Crippen molar-refractivity contribution >= 4 is 17.9 Å². The summed E-state index contributed by atoms with van der Waals surface area (Å²) in [7, 11) is 0. The second kappa shape index (κ2) is 7.73.